The molecule has 0 aliphatic heterocycles. The molecule has 0 amide bonds. The smallest absolute Gasteiger partial charge is 0.180 e. The maximum atomic E-state index is 13.8. The standard InChI is InChI=1S/C21H27ClFNO3/c1-3-25-11-7-10-24-14-16-12-18(22)21(20(13-16)26-4-2)27-15-17-8-5-6-9-19(17)23/h5-6,8-9,12-13,24H,3-4,7,10-11,14-15H2,1-2H3. The quantitative estimate of drug-likeness (QED) is 0.515. The van der Waals surface area contributed by atoms with Crippen molar-refractivity contribution in [1.82, 2.24) is 5.32 Å². The van der Waals surface area contributed by atoms with E-state index in [-0.39, 0.29) is 12.4 Å². The van der Waals surface area contributed by atoms with Crippen molar-refractivity contribution in [3.05, 3.63) is 58.4 Å². The molecule has 0 bridgehead atoms. The van der Waals surface area contributed by atoms with Crippen molar-refractivity contribution < 1.29 is 18.6 Å². The molecule has 4 nitrogen and oxygen atoms in total. The lowest BCUT2D eigenvalue weighted by Crippen LogP contribution is -2.16. The van der Waals surface area contributed by atoms with Crippen LogP contribution in [0.15, 0.2) is 36.4 Å². The van der Waals surface area contributed by atoms with E-state index in [1.165, 1.54) is 6.07 Å². The number of nitrogens with one attached hydrogen (secondary N) is 1. The van der Waals surface area contributed by atoms with Crippen LogP contribution in [-0.2, 0) is 17.9 Å². The molecule has 0 aliphatic rings. The molecule has 27 heavy (non-hydrogen) atoms. The maximum absolute atomic E-state index is 13.8. The van der Waals surface area contributed by atoms with Gasteiger partial charge in [0.1, 0.15) is 12.4 Å². The van der Waals surface area contributed by atoms with E-state index in [0.29, 0.717) is 35.2 Å². The van der Waals surface area contributed by atoms with Gasteiger partial charge in [-0.1, -0.05) is 29.8 Å². The van der Waals surface area contributed by atoms with Crippen molar-refractivity contribution in [3.63, 3.8) is 0 Å². The lowest BCUT2D eigenvalue weighted by Gasteiger charge is -2.16. The second-order valence-electron chi connectivity index (χ2n) is 5.95. The highest BCUT2D eigenvalue weighted by molar-refractivity contribution is 6.32. The van der Waals surface area contributed by atoms with E-state index in [0.717, 1.165) is 31.7 Å². The predicted octanol–water partition coefficient (Wildman–Crippen LogP) is 4.97. The Morgan fingerprint density at radius 1 is 1.07 bits per heavy atom. The first-order valence-electron chi connectivity index (χ1n) is 9.25. The second-order valence-corrected chi connectivity index (χ2v) is 6.35. The monoisotopic (exact) mass is 395 g/mol. The molecule has 0 radical (unpaired) electrons. The van der Waals surface area contributed by atoms with E-state index in [4.69, 9.17) is 25.8 Å². The number of rotatable bonds is 12. The van der Waals surface area contributed by atoms with Crippen LogP contribution < -0.4 is 14.8 Å². The van der Waals surface area contributed by atoms with E-state index in [1.54, 1.807) is 18.2 Å². The summed E-state index contributed by atoms with van der Waals surface area (Å²) in [7, 11) is 0. The number of benzene rings is 2. The Bertz CT molecular complexity index is 712. The highest BCUT2D eigenvalue weighted by Crippen LogP contribution is 2.37. The van der Waals surface area contributed by atoms with Crippen LogP contribution in [-0.4, -0.2) is 26.4 Å². The normalized spacial score (nSPS) is 10.8. The van der Waals surface area contributed by atoms with Gasteiger partial charge in [-0.2, -0.15) is 0 Å². The molecule has 0 unspecified atom stereocenters. The van der Waals surface area contributed by atoms with Gasteiger partial charge in [0.05, 0.1) is 11.6 Å². The first kappa shape index (κ1) is 21.5. The molecular formula is C21H27ClFNO3. The molecule has 0 saturated heterocycles. The molecule has 6 heteroatoms. The molecule has 0 fully saturated rings. The lowest BCUT2D eigenvalue weighted by atomic mass is 10.2. The number of hydrogen-bond acceptors (Lipinski definition) is 4. The molecule has 0 saturated carbocycles. The minimum atomic E-state index is -0.306. The average molecular weight is 396 g/mol. The Labute approximate surface area is 165 Å². The summed E-state index contributed by atoms with van der Waals surface area (Å²) in [6.45, 7) is 7.46. The summed E-state index contributed by atoms with van der Waals surface area (Å²) in [5.41, 5.74) is 1.47. The van der Waals surface area contributed by atoms with Crippen LogP contribution >= 0.6 is 11.6 Å². The Hall–Kier alpha value is -1.82. The average Bonchev–Trinajstić information content (AvgIpc) is 2.65. The van der Waals surface area contributed by atoms with Gasteiger partial charge in [0, 0.05) is 25.3 Å². The van der Waals surface area contributed by atoms with Crippen molar-refractivity contribution in [2.24, 2.45) is 0 Å². The van der Waals surface area contributed by atoms with Crippen LogP contribution in [0.2, 0.25) is 5.02 Å². The SMILES string of the molecule is CCOCCCNCc1cc(Cl)c(OCc2ccccc2F)c(OCC)c1. The molecule has 2 aromatic rings. The molecular weight excluding hydrogens is 369 g/mol. The van der Waals surface area contributed by atoms with Gasteiger partial charge < -0.3 is 19.5 Å². The second kappa shape index (κ2) is 11.8. The van der Waals surface area contributed by atoms with Gasteiger partial charge in [-0.25, -0.2) is 4.39 Å². The third-order valence-electron chi connectivity index (χ3n) is 3.87. The summed E-state index contributed by atoms with van der Waals surface area (Å²) in [5, 5.41) is 3.80. The molecule has 2 aromatic carbocycles. The fourth-order valence-corrected chi connectivity index (χ4v) is 2.86. The molecule has 0 aliphatic carbocycles. The fraction of sp³-hybridized carbons (Fsp3) is 0.429. The minimum Gasteiger partial charge on any atom is -0.490 e. The fourth-order valence-electron chi connectivity index (χ4n) is 2.57. The Morgan fingerprint density at radius 2 is 1.89 bits per heavy atom. The zero-order valence-corrected chi connectivity index (χ0v) is 16.7. The van der Waals surface area contributed by atoms with Crippen molar-refractivity contribution >= 4 is 11.6 Å². The van der Waals surface area contributed by atoms with Gasteiger partial charge in [0.25, 0.3) is 0 Å². The summed E-state index contributed by atoms with van der Waals surface area (Å²) in [4.78, 5) is 0. The molecule has 2 rings (SSSR count). The van der Waals surface area contributed by atoms with E-state index < -0.39 is 0 Å². The van der Waals surface area contributed by atoms with Gasteiger partial charge in [-0.05, 0) is 50.6 Å². The number of ether oxygens (including phenoxy) is 3. The minimum absolute atomic E-state index is 0.0848. The predicted molar refractivity (Wildman–Crippen MR) is 106 cm³/mol. The van der Waals surface area contributed by atoms with E-state index in [1.807, 2.05) is 26.0 Å². The summed E-state index contributed by atoms with van der Waals surface area (Å²) in [5.74, 6) is 0.689. The largest absolute Gasteiger partial charge is 0.490 e. The molecule has 0 heterocycles. The van der Waals surface area contributed by atoms with Crippen LogP contribution in [0.5, 0.6) is 11.5 Å². The number of halogens is 2. The maximum Gasteiger partial charge on any atom is 0.180 e. The van der Waals surface area contributed by atoms with E-state index in [9.17, 15) is 4.39 Å². The molecule has 148 valence electrons. The Balaban J connectivity index is 2.01. The van der Waals surface area contributed by atoms with E-state index in [2.05, 4.69) is 5.32 Å². The highest BCUT2D eigenvalue weighted by Gasteiger charge is 2.14. The summed E-state index contributed by atoms with van der Waals surface area (Å²) in [6.07, 6.45) is 0.948. The van der Waals surface area contributed by atoms with Crippen LogP contribution in [0.4, 0.5) is 4.39 Å². The van der Waals surface area contributed by atoms with Crippen molar-refractivity contribution in [3.8, 4) is 11.5 Å². The van der Waals surface area contributed by atoms with Crippen LogP contribution in [0.25, 0.3) is 0 Å². The van der Waals surface area contributed by atoms with Crippen molar-refractivity contribution in [1.29, 1.82) is 0 Å². The number of hydrogen-bond donors (Lipinski definition) is 1. The van der Waals surface area contributed by atoms with E-state index >= 15 is 0 Å². The van der Waals surface area contributed by atoms with Gasteiger partial charge in [-0.3, -0.25) is 0 Å². The van der Waals surface area contributed by atoms with Gasteiger partial charge in [-0.15, -0.1) is 0 Å². The molecule has 0 aromatic heterocycles. The zero-order chi connectivity index (χ0) is 19.5. The topological polar surface area (TPSA) is 39.7 Å². The summed E-state index contributed by atoms with van der Waals surface area (Å²) >= 11 is 6.41. The molecule has 0 spiro atoms. The molecule has 1 N–H and O–H groups in total. The first-order valence-corrected chi connectivity index (χ1v) is 9.63. The summed E-state index contributed by atoms with van der Waals surface area (Å²) in [6, 6.07) is 10.3. The lowest BCUT2D eigenvalue weighted by molar-refractivity contribution is 0.144. The van der Waals surface area contributed by atoms with Crippen molar-refractivity contribution in [2.75, 3.05) is 26.4 Å². The third-order valence-corrected chi connectivity index (χ3v) is 4.16. The Morgan fingerprint density at radius 3 is 2.63 bits per heavy atom. The first-order chi connectivity index (χ1) is 13.2. The van der Waals surface area contributed by atoms with Crippen LogP contribution in [0, 0.1) is 5.82 Å². The zero-order valence-electron chi connectivity index (χ0n) is 15.9. The summed E-state index contributed by atoms with van der Waals surface area (Å²) < 4.78 is 30.6. The van der Waals surface area contributed by atoms with Crippen LogP contribution in [0.3, 0.4) is 0 Å². The van der Waals surface area contributed by atoms with Gasteiger partial charge in [0.15, 0.2) is 11.5 Å². The third kappa shape index (κ3) is 7.01. The van der Waals surface area contributed by atoms with Crippen LogP contribution in [0.1, 0.15) is 31.4 Å². The van der Waals surface area contributed by atoms with Gasteiger partial charge >= 0.3 is 0 Å². The molecule has 0 atom stereocenters. The van der Waals surface area contributed by atoms with Crippen molar-refractivity contribution in [2.45, 2.75) is 33.4 Å². The Kier molecular flexibility index (Phi) is 9.39. The highest BCUT2D eigenvalue weighted by atomic mass is 35.5. The van der Waals surface area contributed by atoms with Gasteiger partial charge in [0.2, 0.25) is 0 Å².